The molecule has 152 valence electrons. The predicted octanol–water partition coefficient (Wildman–Crippen LogP) is 8.65. The number of hydrogen-bond donors (Lipinski definition) is 0. The molecule has 0 radical (unpaired) electrons. The highest BCUT2D eigenvalue weighted by atomic mass is 14.5. The summed E-state index contributed by atoms with van der Waals surface area (Å²) in [5, 5.41) is 0. The fourth-order valence-electron chi connectivity index (χ4n) is 6.72. The van der Waals surface area contributed by atoms with E-state index in [2.05, 4.69) is 46.4 Å². The fraction of sp³-hybridized carbons (Fsp3) is 0.778. The van der Waals surface area contributed by atoms with Crippen LogP contribution in [0.15, 0.2) is 35.5 Å². The van der Waals surface area contributed by atoms with Gasteiger partial charge in [0.1, 0.15) is 0 Å². The molecule has 0 bridgehead atoms. The molecule has 0 amide bonds. The summed E-state index contributed by atoms with van der Waals surface area (Å²) in [5.74, 6) is 3.40. The lowest BCUT2D eigenvalue weighted by atomic mass is 9.60. The van der Waals surface area contributed by atoms with Gasteiger partial charge in [0.15, 0.2) is 0 Å². The van der Waals surface area contributed by atoms with Crippen molar-refractivity contribution in [3.63, 3.8) is 0 Å². The van der Waals surface area contributed by atoms with Crippen molar-refractivity contribution in [1.82, 2.24) is 0 Å². The Morgan fingerprint density at radius 2 is 1.96 bits per heavy atom. The first-order valence-corrected chi connectivity index (χ1v) is 12.0. The summed E-state index contributed by atoms with van der Waals surface area (Å²) in [6, 6.07) is 0. The highest BCUT2D eigenvalue weighted by Gasteiger charge is 2.50. The molecule has 0 aromatic heterocycles. The van der Waals surface area contributed by atoms with Crippen LogP contribution in [0.5, 0.6) is 0 Å². The van der Waals surface area contributed by atoms with Gasteiger partial charge in [0.25, 0.3) is 0 Å². The third kappa shape index (κ3) is 4.63. The normalized spacial score (nSPS) is 38.4. The lowest BCUT2D eigenvalue weighted by Gasteiger charge is -2.44. The van der Waals surface area contributed by atoms with Crippen LogP contribution >= 0.6 is 0 Å². The number of allylic oxidation sites excluding steroid dienone is 5. The van der Waals surface area contributed by atoms with E-state index in [1.807, 2.05) is 0 Å². The van der Waals surface area contributed by atoms with E-state index in [-0.39, 0.29) is 0 Å². The lowest BCUT2D eigenvalue weighted by Crippen LogP contribution is -2.36. The summed E-state index contributed by atoms with van der Waals surface area (Å²) >= 11 is 0. The largest absolute Gasteiger partial charge is 0.0996 e. The minimum absolute atomic E-state index is 0.572. The smallest absolute Gasteiger partial charge is 0.0143 e. The summed E-state index contributed by atoms with van der Waals surface area (Å²) in [7, 11) is 0. The van der Waals surface area contributed by atoms with E-state index in [1.165, 1.54) is 82.6 Å². The zero-order chi connectivity index (χ0) is 19.4. The molecule has 3 aliphatic carbocycles. The molecule has 0 aliphatic heterocycles. The quantitative estimate of drug-likeness (QED) is 0.325. The van der Waals surface area contributed by atoms with Gasteiger partial charge in [-0.15, -0.1) is 0 Å². The summed E-state index contributed by atoms with van der Waals surface area (Å²) in [4.78, 5) is 0. The SMILES string of the molecule is C=C1CC/C(=C/C=C2\CCCC3(C)C2CC[C@@H]3C(C)CCCCC)CC1C. The Hall–Kier alpha value is -0.780. The Bertz CT molecular complexity index is 577. The first-order chi connectivity index (χ1) is 13.0. The molecule has 3 fully saturated rings. The van der Waals surface area contributed by atoms with Crippen molar-refractivity contribution in [3.05, 3.63) is 35.5 Å². The molecule has 0 saturated heterocycles. The molecule has 0 nitrogen and oxygen atoms in total. The molecule has 3 aliphatic rings. The van der Waals surface area contributed by atoms with Crippen LogP contribution in [0.4, 0.5) is 0 Å². The first-order valence-electron chi connectivity index (χ1n) is 12.0. The van der Waals surface area contributed by atoms with Gasteiger partial charge in [-0.3, -0.25) is 0 Å². The van der Waals surface area contributed by atoms with E-state index in [9.17, 15) is 0 Å². The molecule has 3 saturated carbocycles. The molecule has 0 heterocycles. The second-order valence-corrected chi connectivity index (χ2v) is 10.4. The monoisotopic (exact) mass is 368 g/mol. The van der Waals surface area contributed by atoms with Crippen molar-refractivity contribution < 1.29 is 0 Å². The van der Waals surface area contributed by atoms with Crippen LogP contribution in [0.3, 0.4) is 0 Å². The predicted molar refractivity (Wildman–Crippen MR) is 120 cm³/mol. The fourth-order valence-corrected chi connectivity index (χ4v) is 6.72. The summed E-state index contributed by atoms with van der Waals surface area (Å²) in [6.45, 7) is 14.1. The van der Waals surface area contributed by atoms with Crippen LogP contribution in [0.2, 0.25) is 0 Å². The van der Waals surface area contributed by atoms with Gasteiger partial charge in [0.05, 0.1) is 0 Å². The molecular weight excluding hydrogens is 324 g/mol. The molecule has 4 unspecified atom stereocenters. The average molecular weight is 369 g/mol. The van der Waals surface area contributed by atoms with E-state index in [0.717, 1.165) is 17.8 Å². The molecule has 0 aromatic carbocycles. The summed E-state index contributed by atoms with van der Waals surface area (Å²) in [6.07, 6.45) is 21.6. The maximum absolute atomic E-state index is 4.24. The molecule has 0 N–H and O–H groups in total. The summed E-state index contributed by atoms with van der Waals surface area (Å²) in [5.41, 5.74) is 5.48. The zero-order valence-electron chi connectivity index (χ0n) is 18.7. The molecule has 3 rings (SSSR count). The lowest BCUT2D eigenvalue weighted by molar-refractivity contribution is 0.0932. The van der Waals surface area contributed by atoms with Crippen LogP contribution in [0, 0.1) is 29.1 Å². The van der Waals surface area contributed by atoms with E-state index >= 15 is 0 Å². The van der Waals surface area contributed by atoms with Crippen LogP contribution in [0.1, 0.15) is 105 Å². The van der Waals surface area contributed by atoms with Crippen molar-refractivity contribution in [2.45, 2.75) is 105 Å². The Morgan fingerprint density at radius 3 is 2.70 bits per heavy atom. The second kappa shape index (κ2) is 9.15. The topological polar surface area (TPSA) is 0 Å². The molecule has 5 atom stereocenters. The molecule has 27 heavy (non-hydrogen) atoms. The Balaban J connectivity index is 1.68. The second-order valence-electron chi connectivity index (χ2n) is 10.4. The van der Waals surface area contributed by atoms with Crippen molar-refractivity contribution >= 4 is 0 Å². The van der Waals surface area contributed by atoms with Crippen LogP contribution in [0.25, 0.3) is 0 Å². The minimum Gasteiger partial charge on any atom is -0.0996 e. The Kier molecular flexibility index (Phi) is 7.09. The van der Waals surface area contributed by atoms with E-state index in [1.54, 1.807) is 11.1 Å². The number of rotatable bonds is 6. The third-order valence-corrected chi connectivity index (χ3v) is 8.55. The van der Waals surface area contributed by atoms with Gasteiger partial charge in [0.2, 0.25) is 0 Å². The van der Waals surface area contributed by atoms with Crippen LogP contribution in [-0.2, 0) is 0 Å². The van der Waals surface area contributed by atoms with Crippen molar-refractivity contribution in [3.8, 4) is 0 Å². The van der Waals surface area contributed by atoms with E-state index in [4.69, 9.17) is 0 Å². The third-order valence-electron chi connectivity index (χ3n) is 8.55. The Labute approximate surface area is 169 Å². The number of fused-ring (bicyclic) bond motifs is 1. The average Bonchev–Trinajstić information content (AvgIpc) is 3.00. The highest BCUT2D eigenvalue weighted by Crippen LogP contribution is 2.59. The van der Waals surface area contributed by atoms with Crippen molar-refractivity contribution in [2.75, 3.05) is 0 Å². The summed E-state index contributed by atoms with van der Waals surface area (Å²) < 4.78 is 0. The van der Waals surface area contributed by atoms with Gasteiger partial charge >= 0.3 is 0 Å². The standard InChI is InChI=1S/C27H44/c1-6-7-8-10-21(3)25-16-17-26-24(11-9-18-27(25,26)5)15-14-23-13-12-20(2)22(4)19-23/h14-15,21-22,25-26H,2,6-13,16-19H2,1,3-5H3/b23-14-,24-15+/t21?,22?,25-,26?,27?/m1/s1. The number of unbranched alkanes of at least 4 members (excludes halogenated alkanes) is 2. The van der Waals surface area contributed by atoms with Crippen molar-refractivity contribution in [2.24, 2.45) is 29.1 Å². The maximum Gasteiger partial charge on any atom is -0.0143 e. The maximum atomic E-state index is 4.24. The molecule has 0 aromatic rings. The number of hydrogen-bond acceptors (Lipinski definition) is 0. The van der Waals surface area contributed by atoms with Gasteiger partial charge in [-0.05, 0) is 80.5 Å². The van der Waals surface area contributed by atoms with Crippen LogP contribution in [-0.4, -0.2) is 0 Å². The first kappa shape index (κ1) is 20.9. The van der Waals surface area contributed by atoms with Crippen molar-refractivity contribution in [1.29, 1.82) is 0 Å². The minimum atomic E-state index is 0.572. The molecular formula is C27H44. The highest BCUT2D eigenvalue weighted by molar-refractivity contribution is 5.27. The van der Waals surface area contributed by atoms with Gasteiger partial charge in [-0.2, -0.15) is 0 Å². The van der Waals surface area contributed by atoms with Gasteiger partial charge in [0, 0.05) is 0 Å². The zero-order valence-corrected chi connectivity index (χ0v) is 18.7. The molecule has 0 heteroatoms. The Morgan fingerprint density at radius 1 is 1.15 bits per heavy atom. The van der Waals surface area contributed by atoms with Gasteiger partial charge < -0.3 is 0 Å². The van der Waals surface area contributed by atoms with E-state index < -0.39 is 0 Å². The molecule has 0 spiro atoms. The van der Waals surface area contributed by atoms with Gasteiger partial charge in [-0.1, -0.05) is 88.8 Å². The van der Waals surface area contributed by atoms with Gasteiger partial charge in [-0.25, -0.2) is 0 Å². The van der Waals surface area contributed by atoms with Crippen LogP contribution < -0.4 is 0 Å². The van der Waals surface area contributed by atoms with E-state index in [0.29, 0.717) is 11.3 Å².